The fraction of sp³-hybridized carbons (Fsp3) is 0.548. The number of carbonyl (C=O) groups is 3. The van der Waals surface area contributed by atoms with E-state index in [4.69, 9.17) is 19.4 Å². The number of ether oxygens (including phenoxy) is 2. The molecular weight excluding hydrogens is 715 g/mol. The van der Waals surface area contributed by atoms with Gasteiger partial charge in [-0.3, -0.25) is 24.4 Å². The number of benzene rings is 1. The number of hydrogen-bond acceptors (Lipinski definition) is 10. The Morgan fingerprint density at radius 2 is 2.04 bits per heavy atom. The zero-order valence-corrected chi connectivity index (χ0v) is 33.6. The van der Waals surface area contributed by atoms with Gasteiger partial charge in [-0.25, -0.2) is 10.4 Å². The van der Waals surface area contributed by atoms with Crippen LogP contribution in [0.15, 0.2) is 41.9 Å². The lowest BCUT2D eigenvalue weighted by atomic mass is 9.84. The number of pyridine rings is 1. The van der Waals surface area contributed by atoms with Crippen LogP contribution in [-0.4, -0.2) is 94.7 Å². The monoisotopic (exact) mass is 767 g/mol. The number of fused-ring (bicyclic) bond motifs is 6. The molecule has 3 aliphatic heterocycles. The van der Waals surface area contributed by atoms with Crippen molar-refractivity contribution in [2.45, 2.75) is 91.0 Å². The van der Waals surface area contributed by atoms with E-state index >= 15 is 0 Å². The molecule has 1 spiro atoms. The molecule has 1 aliphatic carbocycles. The van der Waals surface area contributed by atoms with E-state index in [1.165, 1.54) is 16.3 Å². The summed E-state index contributed by atoms with van der Waals surface area (Å²) in [6.07, 6.45) is 5.71. The number of amides is 2. The number of aryl methyl sites for hydroxylation is 1. The smallest absolute Gasteiger partial charge is 0.324 e. The highest BCUT2D eigenvalue weighted by molar-refractivity contribution is 7.10. The molecule has 1 aromatic carbocycles. The van der Waals surface area contributed by atoms with Crippen molar-refractivity contribution in [1.29, 1.82) is 0 Å². The van der Waals surface area contributed by atoms with Gasteiger partial charge in [-0.1, -0.05) is 19.9 Å². The molecule has 3 fully saturated rings. The van der Waals surface area contributed by atoms with Gasteiger partial charge in [0.2, 0.25) is 5.91 Å². The molecule has 0 unspecified atom stereocenters. The Bertz CT molecular complexity index is 2120. The molecule has 55 heavy (non-hydrogen) atoms. The third kappa shape index (κ3) is 7.20. The van der Waals surface area contributed by atoms with Crippen LogP contribution in [0.4, 0.5) is 0 Å². The largest absolute Gasteiger partial charge is 0.464 e. The van der Waals surface area contributed by atoms with Gasteiger partial charge in [0.15, 0.2) is 0 Å². The second-order valence-corrected chi connectivity index (χ2v) is 17.8. The maximum atomic E-state index is 14.3. The van der Waals surface area contributed by atoms with Crippen molar-refractivity contribution >= 4 is 40.0 Å². The first-order valence-corrected chi connectivity index (χ1v) is 20.6. The lowest BCUT2D eigenvalue weighted by Gasteiger charge is -2.35. The predicted octanol–water partition coefficient (Wildman–Crippen LogP) is 5.54. The van der Waals surface area contributed by atoms with Gasteiger partial charge in [-0.05, 0) is 88.2 Å². The lowest BCUT2D eigenvalue weighted by molar-refractivity contribution is -0.155. The van der Waals surface area contributed by atoms with E-state index in [2.05, 4.69) is 72.3 Å². The summed E-state index contributed by atoms with van der Waals surface area (Å²) >= 11 is 1.50. The van der Waals surface area contributed by atoms with E-state index in [1.807, 2.05) is 24.6 Å². The van der Waals surface area contributed by atoms with Gasteiger partial charge in [0.25, 0.3) is 5.91 Å². The molecule has 8 rings (SSSR count). The first-order valence-electron chi connectivity index (χ1n) is 19.7. The van der Waals surface area contributed by atoms with Crippen molar-refractivity contribution in [1.82, 2.24) is 35.2 Å². The topological polar surface area (TPSA) is 131 Å². The van der Waals surface area contributed by atoms with Crippen LogP contribution in [0.1, 0.15) is 75.7 Å². The van der Waals surface area contributed by atoms with Crippen LogP contribution in [0.25, 0.3) is 33.4 Å². The molecule has 1 saturated carbocycles. The average Bonchev–Trinajstić information content (AvgIpc) is 3.50. The zero-order chi connectivity index (χ0) is 38.6. The molecule has 13 heteroatoms. The lowest BCUT2D eigenvalue weighted by Crippen LogP contribution is -2.61. The van der Waals surface area contributed by atoms with Crippen molar-refractivity contribution in [3.63, 3.8) is 0 Å². The van der Waals surface area contributed by atoms with E-state index in [1.54, 1.807) is 7.11 Å². The number of rotatable bonds is 6. The molecule has 4 atom stereocenters. The molecule has 0 radical (unpaired) electrons. The van der Waals surface area contributed by atoms with Crippen LogP contribution in [0, 0.1) is 16.7 Å². The minimum absolute atomic E-state index is 0.00643. The molecule has 6 bridgehead atoms. The highest BCUT2D eigenvalue weighted by Gasteiger charge is 2.57. The number of esters is 1. The summed E-state index contributed by atoms with van der Waals surface area (Å²) in [5.74, 6) is -0.895. The summed E-state index contributed by atoms with van der Waals surface area (Å²) in [4.78, 5) is 54.1. The van der Waals surface area contributed by atoms with Crippen LogP contribution in [-0.2, 0) is 43.2 Å². The molecule has 4 aromatic rings. The number of aromatic nitrogens is 3. The number of nitrogens with one attached hydrogen (secondary N) is 2. The maximum absolute atomic E-state index is 14.3. The van der Waals surface area contributed by atoms with Crippen LogP contribution in [0.5, 0.6) is 0 Å². The summed E-state index contributed by atoms with van der Waals surface area (Å²) in [7, 11) is 3.76. The van der Waals surface area contributed by atoms with E-state index in [0.717, 1.165) is 75.6 Å². The van der Waals surface area contributed by atoms with Crippen molar-refractivity contribution in [3.8, 4) is 22.5 Å². The zero-order valence-electron chi connectivity index (χ0n) is 32.8. The molecule has 6 heterocycles. The molecule has 2 saturated heterocycles. The van der Waals surface area contributed by atoms with Crippen LogP contribution < -0.4 is 10.7 Å². The van der Waals surface area contributed by atoms with Crippen molar-refractivity contribution in [2.75, 3.05) is 40.4 Å². The van der Waals surface area contributed by atoms with Crippen molar-refractivity contribution in [2.24, 2.45) is 16.7 Å². The number of hydrazine groups is 1. The Balaban J connectivity index is 1.22. The Labute approximate surface area is 326 Å². The van der Waals surface area contributed by atoms with Gasteiger partial charge in [0.05, 0.1) is 40.7 Å². The maximum Gasteiger partial charge on any atom is 0.324 e. The first kappa shape index (κ1) is 37.7. The number of thiazole rings is 1. The highest BCUT2D eigenvalue weighted by Crippen LogP contribution is 2.56. The minimum atomic E-state index is -0.841. The van der Waals surface area contributed by atoms with Crippen LogP contribution in [0.2, 0.25) is 0 Å². The second-order valence-electron chi connectivity index (χ2n) is 16.9. The van der Waals surface area contributed by atoms with Gasteiger partial charge >= 0.3 is 5.97 Å². The third-order valence-corrected chi connectivity index (χ3v) is 13.1. The van der Waals surface area contributed by atoms with Gasteiger partial charge in [-0.2, -0.15) is 0 Å². The fourth-order valence-electron chi connectivity index (χ4n) is 9.08. The van der Waals surface area contributed by atoms with Gasteiger partial charge in [0.1, 0.15) is 12.1 Å². The number of nitrogens with zero attached hydrogens (tertiary/aromatic N) is 5. The third-order valence-electron chi connectivity index (χ3n) is 12.2. The fourth-order valence-corrected chi connectivity index (χ4v) is 9.93. The summed E-state index contributed by atoms with van der Waals surface area (Å²) in [6, 6.07) is 9.07. The Morgan fingerprint density at radius 1 is 1.22 bits per heavy atom. The van der Waals surface area contributed by atoms with Crippen molar-refractivity contribution < 1.29 is 23.9 Å². The minimum Gasteiger partial charge on any atom is -0.464 e. The van der Waals surface area contributed by atoms with Gasteiger partial charge in [-0.15, -0.1) is 11.3 Å². The molecule has 292 valence electrons. The molecule has 2 N–H and O–H groups in total. The van der Waals surface area contributed by atoms with Gasteiger partial charge in [0, 0.05) is 78.7 Å². The second kappa shape index (κ2) is 14.7. The Kier molecular flexibility index (Phi) is 10.1. The average molecular weight is 768 g/mol. The molecule has 2 amide bonds. The predicted molar refractivity (Wildman–Crippen MR) is 212 cm³/mol. The van der Waals surface area contributed by atoms with Crippen molar-refractivity contribution in [3.05, 3.63) is 58.2 Å². The van der Waals surface area contributed by atoms with E-state index in [0.29, 0.717) is 32.4 Å². The molecule has 4 aliphatic rings. The molecule has 12 nitrogen and oxygen atoms in total. The summed E-state index contributed by atoms with van der Waals surface area (Å²) in [5.41, 5.74) is 9.74. The number of methoxy groups -OCH3 is 1. The molecular formula is C42H53N7O5S. The number of cyclic esters (lactones) is 1. The van der Waals surface area contributed by atoms with Gasteiger partial charge < -0.3 is 24.3 Å². The number of carbonyl (C=O) groups excluding carboxylic acids is 3. The Hall–Kier alpha value is -4.17. The van der Waals surface area contributed by atoms with E-state index in [9.17, 15) is 14.4 Å². The summed E-state index contributed by atoms with van der Waals surface area (Å²) in [6.45, 7) is 11.4. The van der Waals surface area contributed by atoms with E-state index in [-0.39, 0.29) is 48.2 Å². The highest BCUT2D eigenvalue weighted by atomic mass is 32.1. The van der Waals surface area contributed by atoms with Crippen LogP contribution >= 0.6 is 11.3 Å². The number of likely N-dealkylation sites (tertiary alicyclic amines) is 1. The molecule has 3 aromatic heterocycles. The quantitative estimate of drug-likeness (QED) is 0.243. The first-order chi connectivity index (χ1) is 26.4. The van der Waals surface area contributed by atoms with E-state index < -0.39 is 17.5 Å². The summed E-state index contributed by atoms with van der Waals surface area (Å²) in [5, 5.41) is 8.60. The SMILES string of the molecule is CCn1c(-c2cccnc2[C@H](C)OC)c2c3cc(ccc31)-c1csc(n1)C[C@H](NC(=O)[C@H]1CN(C)CC13CC3)C(=O)N1CCC[C@H](N1)C(=O)OCC(C)(C)C2. The summed E-state index contributed by atoms with van der Waals surface area (Å²) < 4.78 is 14.2. The van der Waals surface area contributed by atoms with Crippen LogP contribution in [0.3, 0.4) is 0 Å². The normalized spacial score (nSPS) is 24.5. The Morgan fingerprint density at radius 3 is 2.80 bits per heavy atom. The number of hydrogen-bond donors (Lipinski definition) is 2. The standard InChI is InChI=1S/C42H53N7O5S/c1-7-48-34-13-12-26-18-28(34)29(37(48)27-10-8-16-43-36(27)25(2)53-6)20-41(3,4)24-54-40(52)31-11-9-17-49(46-31)39(51)32(19-35-44-33(26)22-55-35)45-38(50)30-21-47(5)23-42(30)14-15-42/h8,10,12-13,16,18,22,25,30-32,46H,7,9,11,14-15,17,19-21,23-24H2,1-6H3,(H,45,50)/t25-,30+,31-,32-/m0/s1.